The molecule has 0 bridgehead atoms. The first kappa shape index (κ1) is 34.3. The zero-order valence-electron chi connectivity index (χ0n) is 24.9. The maximum absolute atomic E-state index is 14.8. The van der Waals surface area contributed by atoms with E-state index in [1.807, 2.05) is 6.08 Å². The van der Waals surface area contributed by atoms with Crippen LogP contribution in [0.3, 0.4) is 0 Å². The molecule has 46 heavy (non-hydrogen) atoms. The molecule has 3 aromatic rings. The van der Waals surface area contributed by atoms with Crippen molar-refractivity contribution in [1.82, 2.24) is 0 Å². The summed E-state index contributed by atoms with van der Waals surface area (Å²) in [6.45, 7) is 0. The first-order chi connectivity index (χ1) is 22.1. The number of aryl methyl sites for hydroxylation is 1. The highest BCUT2D eigenvalue weighted by molar-refractivity contribution is 5.94. The summed E-state index contributed by atoms with van der Waals surface area (Å²) in [5.74, 6) is -8.45. The predicted octanol–water partition coefficient (Wildman–Crippen LogP) is 9.98. The summed E-state index contributed by atoms with van der Waals surface area (Å²) in [5.41, 5.74) is 0.927. The molecule has 0 fully saturated rings. The van der Waals surface area contributed by atoms with Gasteiger partial charge in [-0.3, -0.25) is 0 Å². The largest absolute Gasteiger partial charge is 0.423 e. The number of allylic oxidation sites excluding steroid dienone is 4. The SMILES string of the molecule is O=C(Oc1ccc(F)c(F)c1)C1=CCC=C(CCCCCCCCCc2ccc(C(=O)Oc3ccc(F)c(F)c3)c(F)c2)C=C1F. The fourth-order valence-electron chi connectivity index (χ4n) is 4.91. The summed E-state index contributed by atoms with van der Waals surface area (Å²) in [7, 11) is 0. The van der Waals surface area contributed by atoms with E-state index in [1.54, 1.807) is 6.07 Å². The van der Waals surface area contributed by atoms with Crippen LogP contribution in [-0.2, 0) is 11.2 Å². The molecule has 3 aromatic carbocycles. The van der Waals surface area contributed by atoms with Crippen molar-refractivity contribution in [3.05, 3.63) is 130 Å². The molecule has 0 aromatic heterocycles. The third kappa shape index (κ3) is 9.95. The van der Waals surface area contributed by atoms with E-state index in [0.717, 1.165) is 86.4 Å². The van der Waals surface area contributed by atoms with Gasteiger partial charge < -0.3 is 9.47 Å². The standard InChI is InChI=1S/C36H32F6O4/c37-29-17-14-25(21-33(29)41)45-35(43)27-12-8-11-23(19-31(27)39)9-6-4-2-1-3-5-7-10-24-13-16-28(32(40)20-24)36(44)46-26-15-18-30(38)34(42)22-26/h11-22H,1-10H2. The average Bonchev–Trinajstić information content (AvgIpc) is 3.20. The van der Waals surface area contributed by atoms with Crippen molar-refractivity contribution in [1.29, 1.82) is 0 Å². The topological polar surface area (TPSA) is 52.6 Å². The summed E-state index contributed by atoms with van der Waals surface area (Å²) in [6.07, 6.45) is 12.7. The van der Waals surface area contributed by atoms with Crippen molar-refractivity contribution in [3.63, 3.8) is 0 Å². The minimum atomic E-state index is -1.18. The lowest BCUT2D eigenvalue weighted by molar-refractivity contribution is -0.130. The van der Waals surface area contributed by atoms with Crippen LogP contribution in [0.1, 0.15) is 73.7 Å². The van der Waals surface area contributed by atoms with Crippen molar-refractivity contribution in [2.24, 2.45) is 0 Å². The molecule has 10 heteroatoms. The summed E-state index contributed by atoms with van der Waals surface area (Å²) >= 11 is 0. The van der Waals surface area contributed by atoms with Crippen LogP contribution in [0.15, 0.2) is 89.8 Å². The van der Waals surface area contributed by atoms with Crippen LogP contribution in [0.5, 0.6) is 11.5 Å². The Kier molecular flexibility index (Phi) is 12.4. The lowest BCUT2D eigenvalue weighted by Gasteiger charge is -2.08. The van der Waals surface area contributed by atoms with E-state index in [1.165, 1.54) is 24.3 Å². The van der Waals surface area contributed by atoms with Gasteiger partial charge in [0.15, 0.2) is 23.3 Å². The van der Waals surface area contributed by atoms with Crippen LogP contribution in [0, 0.1) is 29.1 Å². The van der Waals surface area contributed by atoms with Gasteiger partial charge in [-0.15, -0.1) is 0 Å². The van der Waals surface area contributed by atoms with Crippen molar-refractivity contribution < 1.29 is 45.4 Å². The number of benzene rings is 3. The summed E-state index contributed by atoms with van der Waals surface area (Å²) in [4.78, 5) is 24.6. The van der Waals surface area contributed by atoms with E-state index in [0.29, 0.717) is 25.3 Å². The molecule has 242 valence electrons. The van der Waals surface area contributed by atoms with E-state index in [2.05, 4.69) is 0 Å². The molecule has 0 amide bonds. The molecule has 0 radical (unpaired) electrons. The Balaban J connectivity index is 1.10. The normalized spacial score (nSPS) is 13.0. The third-order valence-corrected chi connectivity index (χ3v) is 7.38. The van der Waals surface area contributed by atoms with Crippen molar-refractivity contribution in [3.8, 4) is 11.5 Å². The fourth-order valence-corrected chi connectivity index (χ4v) is 4.91. The lowest BCUT2D eigenvalue weighted by atomic mass is 10.0. The molecule has 0 heterocycles. The maximum Gasteiger partial charge on any atom is 0.346 e. The van der Waals surface area contributed by atoms with E-state index in [9.17, 15) is 35.9 Å². The van der Waals surface area contributed by atoms with Gasteiger partial charge in [-0.1, -0.05) is 50.3 Å². The monoisotopic (exact) mass is 642 g/mol. The molecule has 1 aliphatic rings. The van der Waals surface area contributed by atoms with Crippen LogP contribution in [0.2, 0.25) is 0 Å². The minimum absolute atomic E-state index is 0.220. The highest BCUT2D eigenvalue weighted by Crippen LogP contribution is 2.26. The van der Waals surface area contributed by atoms with Gasteiger partial charge in [0.25, 0.3) is 0 Å². The lowest BCUT2D eigenvalue weighted by Crippen LogP contribution is -2.12. The van der Waals surface area contributed by atoms with Crippen LogP contribution in [0.4, 0.5) is 26.3 Å². The Morgan fingerprint density at radius 3 is 1.72 bits per heavy atom. The molecule has 4 rings (SSSR count). The molecule has 0 aliphatic heterocycles. The third-order valence-electron chi connectivity index (χ3n) is 7.38. The number of hydrogen-bond acceptors (Lipinski definition) is 4. The van der Waals surface area contributed by atoms with Crippen LogP contribution >= 0.6 is 0 Å². The Morgan fingerprint density at radius 1 is 0.565 bits per heavy atom. The van der Waals surface area contributed by atoms with Gasteiger partial charge in [0.2, 0.25) is 0 Å². The molecular formula is C36H32F6O4. The highest BCUT2D eigenvalue weighted by Gasteiger charge is 2.20. The predicted molar refractivity (Wildman–Crippen MR) is 160 cm³/mol. The molecule has 4 nitrogen and oxygen atoms in total. The molecule has 0 atom stereocenters. The molecule has 0 unspecified atom stereocenters. The number of ether oxygens (including phenoxy) is 2. The van der Waals surface area contributed by atoms with E-state index < -0.39 is 46.9 Å². The van der Waals surface area contributed by atoms with E-state index in [-0.39, 0.29) is 22.6 Å². The Bertz CT molecular complexity index is 1660. The zero-order chi connectivity index (χ0) is 33.1. The number of unbranched alkanes of at least 4 members (excludes halogenated alkanes) is 6. The number of carbonyl (C=O) groups is 2. The molecular weight excluding hydrogens is 610 g/mol. The van der Waals surface area contributed by atoms with Crippen LogP contribution < -0.4 is 9.47 Å². The second kappa shape index (κ2) is 16.6. The molecule has 1 aliphatic carbocycles. The Hall–Kier alpha value is -4.60. The quantitative estimate of drug-likeness (QED) is 0.0760. The smallest absolute Gasteiger partial charge is 0.346 e. The Labute approximate surface area is 263 Å². The fraction of sp³-hybridized carbons (Fsp3) is 0.278. The second-order valence-corrected chi connectivity index (χ2v) is 10.8. The van der Waals surface area contributed by atoms with Crippen molar-refractivity contribution in [2.45, 2.75) is 64.2 Å². The van der Waals surface area contributed by atoms with Gasteiger partial charge in [0.1, 0.15) is 23.1 Å². The van der Waals surface area contributed by atoms with Gasteiger partial charge in [0.05, 0.1) is 11.1 Å². The molecule has 0 spiro atoms. The summed E-state index contributed by atoms with van der Waals surface area (Å²) < 4.78 is 92.1. The second-order valence-electron chi connectivity index (χ2n) is 10.8. The summed E-state index contributed by atoms with van der Waals surface area (Å²) in [5, 5.41) is 0. The minimum Gasteiger partial charge on any atom is -0.423 e. The molecule has 0 saturated heterocycles. The van der Waals surface area contributed by atoms with Gasteiger partial charge >= 0.3 is 11.9 Å². The summed E-state index contributed by atoms with van der Waals surface area (Å²) in [6, 6.07) is 9.47. The molecule has 0 saturated carbocycles. The molecule has 0 N–H and O–H groups in total. The first-order valence-electron chi connectivity index (χ1n) is 15.0. The van der Waals surface area contributed by atoms with Gasteiger partial charge in [0, 0.05) is 12.1 Å². The van der Waals surface area contributed by atoms with E-state index >= 15 is 0 Å². The zero-order valence-corrected chi connectivity index (χ0v) is 24.9. The number of esters is 2. The highest BCUT2D eigenvalue weighted by atomic mass is 19.2. The van der Waals surface area contributed by atoms with Gasteiger partial charge in [-0.2, -0.15) is 0 Å². The number of halogens is 6. The number of hydrogen-bond donors (Lipinski definition) is 0. The first-order valence-corrected chi connectivity index (χ1v) is 15.0. The number of rotatable bonds is 14. The van der Waals surface area contributed by atoms with Crippen LogP contribution in [0.25, 0.3) is 0 Å². The van der Waals surface area contributed by atoms with Gasteiger partial charge in [-0.25, -0.2) is 35.9 Å². The number of carbonyl (C=O) groups excluding carboxylic acids is 2. The van der Waals surface area contributed by atoms with Gasteiger partial charge in [-0.05, 0) is 85.7 Å². The van der Waals surface area contributed by atoms with E-state index in [4.69, 9.17) is 9.47 Å². The van der Waals surface area contributed by atoms with Crippen LogP contribution in [-0.4, -0.2) is 11.9 Å². The van der Waals surface area contributed by atoms with Crippen molar-refractivity contribution in [2.75, 3.05) is 0 Å². The maximum atomic E-state index is 14.8. The van der Waals surface area contributed by atoms with Crippen molar-refractivity contribution >= 4 is 11.9 Å². The Morgan fingerprint density at radius 2 is 1.13 bits per heavy atom. The average molecular weight is 643 g/mol.